The summed E-state index contributed by atoms with van der Waals surface area (Å²) in [6.07, 6.45) is 4.18. The van der Waals surface area contributed by atoms with Gasteiger partial charge in [0.1, 0.15) is 6.10 Å². The van der Waals surface area contributed by atoms with E-state index in [1.54, 1.807) is 0 Å². The summed E-state index contributed by atoms with van der Waals surface area (Å²) in [7, 11) is 0. The molecule has 0 bridgehead atoms. The molecule has 18 heavy (non-hydrogen) atoms. The normalized spacial score (nSPS) is 23.4. The quantitative estimate of drug-likeness (QED) is 0.729. The first-order valence-electron chi connectivity index (χ1n) is 7.26. The van der Waals surface area contributed by atoms with Gasteiger partial charge in [0.15, 0.2) is 0 Å². The van der Waals surface area contributed by atoms with Gasteiger partial charge in [0, 0.05) is 12.6 Å². The van der Waals surface area contributed by atoms with Crippen LogP contribution in [0.4, 0.5) is 0 Å². The van der Waals surface area contributed by atoms with Gasteiger partial charge in [0.25, 0.3) is 0 Å². The molecular weight excluding hydrogens is 228 g/mol. The third kappa shape index (κ3) is 5.83. The Balaban J connectivity index is 2.18. The molecule has 1 saturated heterocycles. The number of nitrogens with one attached hydrogen (secondary N) is 2. The van der Waals surface area contributed by atoms with Crippen LogP contribution in [0.1, 0.15) is 46.5 Å². The van der Waals surface area contributed by atoms with Crippen molar-refractivity contribution in [3.05, 3.63) is 0 Å². The molecule has 0 aliphatic carbocycles. The maximum absolute atomic E-state index is 11.8. The Hall–Kier alpha value is -0.610. The fourth-order valence-corrected chi connectivity index (χ4v) is 2.29. The van der Waals surface area contributed by atoms with Gasteiger partial charge in [-0.15, -0.1) is 0 Å². The second-order valence-corrected chi connectivity index (χ2v) is 5.39. The highest BCUT2D eigenvalue weighted by Gasteiger charge is 2.19. The molecule has 1 aliphatic rings. The lowest BCUT2D eigenvalue weighted by molar-refractivity contribution is -0.133. The van der Waals surface area contributed by atoms with Gasteiger partial charge < -0.3 is 15.4 Å². The smallest absolute Gasteiger partial charge is 0.249 e. The highest BCUT2D eigenvalue weighted by molar-refractivity contribution is 5.80. The van der Waals surface area contributed by atoms with E-state index in [2.05, 4.69) is 17.6 Å². The van der Waals surface area contributed by atoms with E-state index in [0.29, 0.717) is 12.5 Å². The van der Waals surface area contributed by atoms with Gasteiger partial charge in [-0.2, -0.15) is 0 Å². The zero-order chi connectivity index (χ0) is 13.4. The summed E-state index contributed by atoms with van der Waals surface area (Å²) >= 11 is 0. The molecule has 1 heterocycles. The van der Waals surface area contributed by atoms with Crippen molar-refractivity contribution < 1.29 is 9.53 Å². The highest BCUT2D eigenvalue weighted by Crippen LogP contribution is 2.11. The number of hydrogen-bond donors (Lipinski definition) is 2. The summed E-state index contributed by atoms with van der Waals surface area (Å²) in [5, 5.41) is 6.34. The molecule has 1 rings (SSSR count). The van der Waals surface area contributed by atoms with E-state index in [1.165, 1.54) is 12.8 Å². The maximum atomic E-state index is 11.8. The Morgan fingerprint density at radius 1 is 1.50 bits per heavy atom. The van der Waals surface area contributed by atoms with Crippen LogP contribution < -0.4 is 10.6 Å². The number of ether oxygens (including phenoxy) is 1. The molecule has 1 amide bonds. The number of piperidine rings is 1. The average Bonchev–Trinajstić information content (AvgIpc) is 2.37. The highest BCUT2D eigenvalue weighted by atomic mass is 16.5. The third-order valence-electron chi connectivity index (χ3n) is 3.46. The van der Waals surface area contributed by atoms with Crippen LogP contribution in [0, 0.1) is 5.92 Å². The molecule has 1 aliphatic heterocycles. The number of carbonyl (C=O) groups is 1. The van der Waals surface area contributed by atoms with Gasteiger partial charge in [0.2, 0.25) is 5.91 Å². The van der Waals surface area contributed by atoms with Crippen molar-refractivity contribution in [2.24, 2.45) is 5.92 Å². The maximum Gasteiger partial charge on any atom is 0.249 e. The number of rotatable bonds is 7. The second kappa shape index (κ2) is 8.48. The van der Waals surface area contributed by atoms with Gasteiger partial charge in [-0.3, -0.25) is 4.79 Å². The molecule has 0 aromatic carbocycles. The second-order valence-electron chi connectivity index (χ2n) is 5.39. The SMILES string of the molecule is CCCC(C)NC(=O)C(C)OCC1CCCNC1. The van der Waals surface area contributed by atoms with Crippen molar-refractivity contribution in [3.8, 4) is 0 Å². The van der Waals surface area contributed by atoms with E-state index in [1.807, 2.05) is 13.8 Å². The molecule has 0 aromatic rings. The van der Waals surface area contributed by atoms with Crippen LogP contribution >= 0.6 is 0 Å². The molecule has 3 unspecified atom stereocenters. The van der Waals surface area contributed by atoms with Gasteiger partial charge in [0.05, 0.1) is 6.61 Å². The molecule has 4 nitrogen and oxygen atoms in total. The molecule has 0 radical (unpaired) electrons. The van der Waals surface area contributed by atoms with Crippen molar-refractivity contribution in [3.63, 3.8) is 0 Å². The predicted molar refractivity (Wildman–Crippen MR) is 73.5 cm³/mol. The third-order valence-corrected chi connectivity index (χ3v) is 3.46. The molecule has 2 N–H and O–H groups in total. The molecule has 0 spiro atoms. The van der Waals surface area contributed by atoms with E-state index < -0.39 is 0 Å². The fourth-order valence-electron chi connectivity index (χ4n) is 2.29. The van der Waals surface area contributed by atoms with Crippen molar-refractivity contribution >= 4 is 5.91 Å². The number of amides is 1. The van der Waals surface area contributed by atoms with E-state index in [9.17, 15) is 4.79 Å². The van der Waals surface area contributed by atoms with Crippen molar-refractivity contribution in [1.29, 1.82) is 0 Å². The molecule has 0 saturated carbocycles. The summed E-state index contributed by atoms with van der Waals surface area (Å²) in [5.74, 6) is 0.571. The van der Waals surface area contributed by atoms with Crippen LogP contribution in [0.3, 0.4) is 0 Å². The zero-order valence-corrected chi connectivity index (χ0v) is 12.0. The van der Waals surface area contributed by atoms with Gasteiger partial charge in [-0.25, -0.2) is 0 Å². The fraction of sp³-hybridized carbons (Fsp3) is 0.929. The van der Waals surface area contributed by atoms with Crippen molar-refractivity contribution in [2.45, 2.75) is 58.6 Å². The van der Waals surface area contributed by atoms with Gasteiger partial charge >= 0.3 is 0 Å². The van der Waals surface area contributed by atoms with Crippen LogP contribution in [0.2, 0.25) is 0 Å². The van der Waals surface area contributed by atoms with Crippen molar-refractivity contribution in [2.75, 3.05) is 19.7 Å². The van der Waals surface area contributed by atoms with E-state index >= 15 is 0 Å². The van der Waals surface area contributed by atoms with Crippen LogP contribution in [0.15, 0.2) is 0 Å². The first kappa shape index (κ1) is 15.4. The molecule has 4 heteroatoms. The van der Waals surface area contributed by atoms with E-state index in [0.717, 1.165) is 25.9 Å². The van der Waals surface area contributed by atoms with Gasteiger partial charge in [-0.1, -0.05) is 13.3 Å². The average molecular weight is 256 g/mol. The minimum absolute atomic E-state index is 0.0136. The van der Waals surface area contributed by atoms with Gasteiger partial charge in [-0.05, 0) is 45.6 Å². The topological polar surface area (TPSA) is 50.4 Å². The first-order valence-corrected chi connectivity index (χ1v) is 7.26. The standard InChI is InChI=1S/C14H28N2O2/c1-4-6-11(2)16-14(17)12(3)18-10-13-7-5-8-15-9-13/h11-13,15H,4-10H2,1-3H3,(H,16,17). The number of hydrogen-bond acceptors (Lipinski definition) is 3. The number of carbonyl (C=O) groups excluding carboxylic acids is 1. The minimum Gasteiger partial charge on any atom is -0.368 e. The molecular formula is C14H28N2O2. The lowest BCUT2D eigenvalue weighted by Crippen LogP contribution is -2.41. The molecule has 3 atom stereocenters. The zero-order valence-electron chi connectivity index (χ0n) is 12.0. The van der Waals surface area contributed by atoms with E-state index in [-0.39, 0.29) is 18.1 Å². The Bertz CT molecular complexity index is 240. The Morgan fingerprint density at radius 3 is 2.89 bits per heavy atom. The van der Waals surface area contributed by atoms with Crippen LogP contribution in [-0.4, -0.2) is 37.7 Å². The van der Waals surface area contributed by atoms with Crippen LogP contribution in [0.5, 0.6) is 0 Å². The van der Waals surface area contributed by atoms with Crippen LogP contribution in [-0.2, 0) is 9.53 Å². The molecule has 0 aromatic heterocycles. The Labute approximate surface area is 111 Å². The summed E-state index contributed by atoms with van der Waals surface area (Å²) < 4.78 is 5.67. The summed E-state index contributed by atoms with van der Waals surface area (Å²) in [6, 6.07) is 0.241. The summed E-state index contributed by atoms with van der Waals surface area (Å²) in [5.41, 5.74) is 0. The lowest BCUT2D eigenvalue weighted by atomic mass is 10.0. The minimum atomic E-state index is -0.341. The monoisotopic (exact) mass is 256 g/mol. The molecule has 106 valence electrons. The lowest BCUT2D eigenvalue weighted by Gasteiger charge is -2.24. The Kier molecular flexibility index (Phi) is 7.28. The Morgan fingerprint density at radius 2 is 2.28 bits per heavy atom. The summed E-state index contributed by atoms with van der Waals surface area (Å²) in [6.45, 7) is 8.81. The van der Waals surface area contributed by atoms with Crippen LogP contribution in [0.25, 0.3) is 0 Å². The molecule has 1 fully saturated rings. The van der Waals surface area contributed by atoms with Crippen molar-refractivity contribution in [1.82, 2.24) is 10.6 Å². The van der Waals surface area contributed by atoms with E-state index in [4.69, 9.17) is 4.74 Å². The predicted octanol–water partition coefficient (Wildman–Crippen LogP) is 1.70. The largest absolute Gasteiger partial charge is 0.368 e. The first-order chi connectivity index (χ1) is 8.63. The summed E-state index contributed by atoms with van der Waals surface area (Å²) in [4.78, 5) is 11.8.